The van der Waals surface area contributed by atoms with Crippen molar-refractivity contribution in [2.45, 2.75) is 39.7 Å². The third kappa shape index (κ3) is 5.83. The summed E-state index contributed by atoms with van der Waals surface area (Å²) in [7, 11) is 0. The van der Waals surface area contributed by atoms with Crippen molar-refractivity contribution in [1.29, 1.82) is 0 Å². The summed E-state index contributed by atoms with van der Waals surface area (Å²) in [5.41, 5.74) is 7.79. The third-order valence-electron chi connectivity index (χ3n) is 3.42. The predicted molar refractivity (Wildman–Crippen MR) is 88.7 cm³/mol. The van der Waals surface area contributed by atoms with Gasteiger partial charge < -0.3 is 16.0 Å². The van der Waals surface area contributed by atoms with Gasteiger partial charge >= 0.3 is 0 Å². The van der Waals surface area contributed by atoms with Crippen molar-refractivity contribution in [1.82, 2.24) is 4.90 Å². The first-order valence-corrected chi connectivity index (χ1v) is 7.90. The Morgan fingerprint density at radius 3 is 2.63 bits per heavy atom. The number of benzene rings is 1. The highest BCUT2D eigenvalue weighted by Gasteiger charge is 2.06. The molecular formula is C15H26BrN3. The molecule has 1 aromatic rings. The second kappa shape index (κ2) is 8.43. The van der Waals surface area contributed by atoms with Gasteiger partial charge in [-0.15, -0.1) is 0 Å². The van der Waals surface area contributed by atoms with Crippen LogP contribution < -0.4 is 11.1 Å². The maximum atomic E-state index is 5.97. The van der Waals surface area contributed by atoms with E-state index in [0.29, 0.717) is 6.04 Å². The van der Waals surface area contributed by atoms with Gasteiger partial charge in [-0.2, -0.15) is 0 Å². The fraction of sp³-hybridized carbons (Fsp3) is 0.600. The van der Waals surface area contributed by atoms with Gasteiger partial charge in [0.25, 0.3) is 0 Å². The molecule has 0 heterocycles. The van der Waals surface area contributed by atoms with Crippen LogP contribution in [-0.4, -0.2) is 30.6 Å². The van der Waals surface area contributed by atoms with Crippen LogP contribution in [0.5, 0.6) is 0 Å². The molecule has 0 saturated heterocycles. The quantitative estimate of drug-likeness (QED) is 0.710. The van der Waals surface area contributed by atoms with E-state index in [2.05, 4.69) is 46.9 Å². The minimum Gasteiger partial charge on any atom is -0.397 e. The normalized spacial score (nSPS) is 12.7. The van der Waals surface area contributed by atoms with Gasteiger partial charge in [0, 0.05) is 10.5 Å². The predicted octanol–water partition coefficient (Wildman–Crippen LogP) is 3.95. The Bertz CT molecular complexity index is 378. The molecule has 0 aliphatic rings. The zero-order chi connectivity index (χ0) is 14.3. The number of halogens is 1. The van der Waals surface area contributed by atoms with E-state index in [-0.39, 0.29) is 0 Å². The first-order chi connectivity index (χ1) is 9.06. The smallest absolute Gasteiger partial charge is 0.0587 e. The lowest BCUT2D eigenvalue weighted by Crippen LogP contribution is -2.25. The summed E-state index contributed by atoms with van der Waals surface area (Å²) in [4.78, 5) is 2.46. The standard InChI is InChI=1S/C15H26BrN3/c1-4-19(5-2)10-6-7-12(3)18-15-11-13(16)8-9-14(15)17/h8-9,11-12,18H,4-7,10,17H2,1-3H3. The van der Waals surface area contributed by atoms with E-state index in [0.717, 1.165) is 35.4 Å². The number of nitrogens with zero attached hydrogens (tertiary/aromatic N) is 1. The summed E-state index contributed by atoms with van der Waals surface area (Å²) < 4.78 is 1.06. The van der Waals surface area contributed by atoms with Gasteiger partial charge in [-0.3, -0.25) is 0 Å². The van der Waals surface area contributed by atoms with E-state index in [9.17, 15) is 0 Å². The molecule has 3 nitrogen and oxygen atoms in total. The lowest BCUT2D eigenvalue weighted by Gasteiger charge is -2.21. The van der Waals surface area contributed by atoms with Crippen molar-refractivity contribution in [2.75, 3.05) is 30.7 Å². The zero-order valence-electron chi connectivity index (χ0n) is 12.2. The summed E-state index contributed by atoms with van der Waals surface area (Å²) in [5, 5.41) is 3.49. The topological polar surface area (TPSA) is 41.3 Å². The number of nitrogen functional groups attached to an aromatic ring is 1. The van der Waals surface area contributed by atoms with Gasteiger partial charge in [0.15, 0.2) is 0 Å². The minimum absolute atomic E-state index is 0.437. The highest BCUT2D eigenvalue weighted by molar-refractivity contribution is 9.10. The van der Waals surface area contributed by atoms with Crippen LogP contribution in [0.1, 0.15) is 33.6 Å². The molecule has 3 N–H and O–H groups in total. The van der Waals surface area contributed by atoms with Crippen LogP contribution >= 0.6 is 15.9 Å². The van der Waals surface area contributed by atoms with Crippen LogP contribution in [0.3, 0.4) is 0 Å². The van der Waals surface area contributed by atoms with E-state index in [1.54, 1.807) is 0 Å². The second-order valence-electron chi connectivity index (χ2n) is 4.95. The molecule has 108 valence electrons. The van der Waals surface area contributed by atoms with Gasteiger partial charge in [0.2, 0.25) is 0 Å². The van der Waals surface area contributed by atoms with E-state index in [4.69, 9.17) is 5.73 Å². The van der Waals surface area contributed by atoms with E-state index in [1.165, 1.54) is 13.0 Å². The third-order valence-corrected chi connectivity index (χ3v) is 3.92. The Morgan fingerprint density at radius 2 is 2.00 bits per heavy atom. The average Bonchev–Trinajstić information content (AvgIpc) is 2.39. The number of nitrogens with two attached hydrogens (primary N) is 1. The number of rotatable bonds is 8. The van der Waals surface area contributed by atoms with E-state index in [1.807, 2.05) is 18.2 Å². The van der Waals surface area contributed by atoms with Crippen LogP contribution in [0, 0.1) is 0 Å². The second-order valence-corrected chi connectivity index (χ2v) is 5.86. The van der Waals surface area contributed by atoms with Crippen molar-refractivity contribution in [2.24, 2.45) is 0 Å². The monoisotopic (exact) mass is 327 g/mol. The van der Waals surface area contributed by atoms with E-state index < -0.39 is 0 Å². The van der Waals surface area contributed by atoms with Gasteiger partial charge in [-0.25, -0.2) is 0 Å². The first kappa shape index (κ1) is 16.3. The minimum atomic E-state index is 0.437. The maximum Gasteiger partial charge on any atom is 0.0587 e. The van der Waals surface area contributed by atoms with Gasteiger partial charge in [0.05, 0.1) is 11.4 Å². The number of hydrogen-bond acceptors (Lipinski definition) is 3. The molecule has 1 atom stereocenters. The summed E-state index contributed by atoms with van der Waals surface area (Å²) in [6.45, 7) is 10.1. The summed E-state index contributed by atoms with van der Waals surface area (Å²) in [6.07, 6.45) is 2.37. The van der Waals surface area contributed by atoms with Crippen LogP contribution in [0.25, 0.3) is 0 Å². The molecule has 1 rings (SSSR count). The fourth-order valence-corrected chi connectivity index (χ4v) is 2.51. The van der Waals surface area contributed by atoms with Crippen molar-refractivity contribution in [3.63, 3.8) is 0 Å². The van der Waals surface area contributed by atoms with E-state index >= 15 is 0 Å². The Balaban J connectivity index is 2.38. The highest BCUT2D eigenvalue weighted by Crippen LogP contribution is 2.24. The molecule has 1 unspecified atom stereocenters. The fourth-order valence-electron chi connectivity index (χ4n) is 2.15. The lowest BCUT2D eigenvalue weighted by molar-refractivity contribution is 0.295. The molecule has 1 aromatic carbocycles. The molecule has 19 heavy (non-hydrogen) atoms. The highest BCUT2D eigenvalue weighted by atomic mass is 79.9. The molecule has 0 spiro atoms. The van der Waals surface area contributed by atoms with Gasteiger partial charge in [0.1, 0.15) is 0 Å². The molecule has 0 amide bonds. The Hall–Kier alpha value is -0.740. The number of anilines is 2. The molecule has 0 bridgehead atoms. The molecular weight excluding hydrogens is 302 g/mol. The summed E-state index contributed by atoms with van der Waals surface area (Å²) in [5.74, 6) is 0. The molecule has 0 aromatic heterocycles. The molecule has 0 radical (unpaired) electrons. The van der Waals surface area contributed by atoms with Crippen LogP contribution in [0.4, 0.5) is 11.4 Å². The molecule has 0 saturated carbocycles. The SMILES string of the molecule is CCN(CC)CCCC(C)Nc1cc(Br)ccc1N. The van der Waals surface area contributed by atoms with Crippen molar-refractivity contribution in [3.05, 3.63) is 22.7 Å². The van der Waals surface area contributed by atoms with Gasteiger partial charge in [-0.1, -0.05) is 29.8 Å². The van der Waals surface area contributed by atoms with Crippen LogP contribution in [-0.2, 0) is 0 Å². The average molecular weight is 328 g/mol. The van der Waals surface area contributed by atoms with Crippen molar-refractivity contribution in [3.8, 4) is 0 Å². The molecule has 0 fully saturated rings. The maximum absolute atomic E-state index is 5.97. The molecule has 0 aliphatic heterocycles. The van der Waals surface area contributed by atoms with Crippen LogP contribution in [0.2, 0.25) is 0 Å². The number of hydrogen-bond donors (Lipinski definition) is 2. The summed E-state index contributed by atoms with van der Waals surface area (Å²) >= 11 is 3.47. The molecule has 0 aliphatic carbocycles. The zero-order valence-corrected chi connectivity index (χ0v) is 13.8. The first-order valence-electron chi connectivity index (χ1n) is 7.10. The van der Waals surface area contributed by atoms with Gasteiger partial charge in [-0.05, 0) is 57.6 Å². The molecule has 4 heteroatoms. The Kier molecular flexibility index (Phi) is 7.24. The lowest BCUT2D eigenvalue weighted by atomic mass is 10.1. The van der Waals surface area contributed by atoms with Crippen LogP contribution in [0.15, 0.2) is 22.7 Å². The van der Waals surface area contributed by atoms with Crippen molar-refractivity contribution < 1.29 is 0 Å². The number of nitrogens with one attached hydrogen (secondary N) is 1. The Morgan fingerprint density at radius 1 is 1.32 bits per heavy atom. The summed E-state index contributed by atoms with van der Waals surface area (Å²) in [6, 6.07) is 6.36. The van der Waals surface area contributed by atoms with Crippen molar-refractivity contribution >= 4 is 27.3 Å². The Labute approximate surface area is 125 Å². The largest absolute Gasteiger partial charge is 0.397 e.